The lowest BCUT2D eigenvalue weighted by Crippen LogP contribution is -2.16. The summed E-state index contributed by atoms with van der Waals surface area (Å²) in [6, 6.07) is 0. The normalized spacial score (nSPS) is 21.5. The van der Waals surface area contributed by atoms with E-state index in [1.165, 1.54) is 39.2 Å². The first-order valence-corrected chi connectivity index (χ1v) is 9.26. The van der Waals surface area contributed by atoms with Gasteiger partial charge in [-0.25, -0.2) is 0 Å². The molecule has 1 aliphatic rings. The molecule has 1 aliphatic heterocycles. The van der Waals surface area contributed by atoms with Crippen LogP contribution in [0.5, 0.6) is 0 Å². The highest BCUT2D eigenvalue weighted by atomic mass is 16.6. The minimum Gasteiger partial charge on any atom is -0.469 e. The fourth-order valence-electron chi connectivity index (χ4n) is 2.76. The van der Waals surface area contributed by atoms with Gasteiger partial charge in [0.2, 0.25) is 0 Å². The van der Waals surface area contributed by atoms with Gasteiger partial charge in [0.15, 0.2) is 0 Å². The van der Waals surface area contributed by atoms with Crippen molar-refractivity contribution in [3.63, 3.8) is 0 Å². The Balaban J connectivity index is 1.91. The van der Waals surface area contributed by atoms with E-state index in [1.807, 2.05) is 0 Å². The van der Waals surface area contributed by atoms with Crippen LogP contribution in [0.1, 0.15) is 77.6 Å². The second-order valence-corrected chi connectivity index (χ2v) is 6.44. The number of rotatable bonds is 14. The molecule has 0 amide bonds. The van der Waals surface area contributed by atoms with E-state index in [9.17, 15) is 9.90 Å². The Kier molecular flexibility index (Phi) is 11.0. The van der Waals surface area contributed by atoms with Crippen LogP contribution in [0.2, 0.25) is 0 Å². The van der Waals surface area contributed by atoms with Gasteiger partial charge in [-0.15, -0.1) is 0 Å². The zero-order valence-corrected chi connectivity index (χ0v) is 14.8. The molecule has 0 spiro atoms. The number of hydrogen-bond donors (Lipinski definition) is 1. The van der Waals surface area contributed by atoms with Crippen molar-refractivity contribution in [2.24, 2.45) is 0 Å². The van der Waals surface area contributed by atoms with Gasteiger partial charge in [0.05, 0.1) is 13.2 Å². The largest absolute Gasteiger partial charge is 0.469 e. The maximum atomic E-state index is 10.9. The monoisotopic (exact) mass is 326 g/mol. The summed E-state index contributed by atoms with van der Waals surface area (Å²) in [5, 5.41) is 9.97. The van der Waals surface area contributed by atoms with Crippen LogP contribution in [0, 0.1) is 0 Å². The Hall–Kier alpha value is -0.870. The maximum absolute atomic E-state index is 10.9. The summed E-state index contributed by atoms with van der Waals surface area (Å²) in [6.45, 7) is 2.17. The first-order valence-electron chi connectivity index (χ1n) is 9.26. The number of hydrogen-bond acceptors (Lipinski definition) is 4. The van der Waals surface area contributed by atoms with Crippen molar-refractivity contribution in [2.45, 2.75) is 95.9 Å². The van der Waals surface area contributed by atoms with E-state index in [0.29, 0.717) is 6.42 Å². The van der Waals surface area contributed by atoms with E-state index in [-0.39, 0.29) is 24.3 Å². The zero-order valence-electron chi connectivity index (χ0n) is 14.8. The highest BCUT2D eigenvalue weighted by Crippen LogP contribution is 2.29. The molecule has 4 nitrogen and oxygen atoms in total. The van der Waals surface area contributed by atoms with Crippen molar-refractivity contribution >= 4 is 5.97 Å². The molecule has 1 N–H and O–H groups in total. The zero-order chi connectivity index (χ0) is 16.9. The molecule has 23 heavy (non-hydrogen) atoms. The number of carbonyl (C=O) groups excluding carboxylic acids is 1. The van der Waals surface area contributed by atoms with E-state index in [2.05, 4.69) is 23.8 Å². The molecule has 0 aromatic carbocycles. The predicted octanol–water partition coefficient (Wildman–Crippen LogP) is 4.15. The van der Waals surface area contributed by atoms with Crippen molar-refractivity contribution in [3.05, 3.63) is 12.2 Å². The smallest absolute Gasteiger partial charge is 0.305 e. The lowest BCUT2D eigenvalue weighted by molar-refractivity contribution is -0.140. The molecule has 134 valence electrons. The van der Waals surface area contributed by atoms with Crippen LogP contribution in [0.15, 0.2) is 12.2 Å². The fourth-order valence-corrected chi connectivity index (χ4v) is 2.76. The van der Waals surface area contributed by atoms with E-state index in [4.69, 9.17) is 4.74 Å². The summed E-state index contributed by atoms with van der Waals surface area (Å²) < 4.78 is 10.1. The van der Waals surface area contributed by atoms with Crippen molar-refractivity contribution in [3.8, 4) is 0 Å². The van der Waals surface area contributed by atoms with Gasteiger partial charge in [-0.05, 0) is 25.7 Å². The maximum Gasteiger partial charge on any atom is 0.305 e. The van der Waals surface area contributed by atoms with Gasteiger partial charge in [0.25, 0.3) is 0 Å². The first-order chi connectivity index (χ1) is 11.2. The van der Waals surface area contributed by atoms with Crippen LogP contribution < -0.4 is 0 Å². The van der Waals surface area contributed by atoms with Crippen LogP contribution in [0.3, 0.4) is 0 Å². The average molecular weight is 326 g/mol. The van der Waals surface area contributed by atoms with E-state index in [0.717, 1.165) is 32.1 Å². The van der Waals surface area contributed by atoms with Gasteiger partial charge < -0.3 is 14.6 Å². The van der Waals surface area contributed by atoms with Crippen LogP contribution in [0.25, 0.3) is 0 Å². The van der Waals surface area contributed by atoms with Gasteiger partial charge in [0, 0.05) is 6.42 Å². The Morgan fingerprint density at radius 1 is 1.17 bits per heavy atom. The molecular weight excluding hydrogens is 292 g/mol. The lowest BCUT2D eigenvalue weighted by atomic mass is 10.1. The van der Waals surface area contributed by atoms with Gasteiger partial charge in [0.1, 0.15) is 12.2 Å². The van der Waals surface area contributed by atoms with Crippen LogP contribution >= 0.6 is 0 Å². The first kappa shape index (κ1) is 20.2. The molecule has 1 fully saturated rings. The number of methoxy groups -OCH3 is 1. The highest BCUT2D eigenvalue weighted by Gasteiger charge is 2.41. The molecule has 0 aliphatic carbocycles. The molecule has 1 heterocycles. The SMILES string of the molecule is CCCCC[C@H](O)[C@H]1O[C@@H]1/C=C\CCCCCCCC(=O)OC. The molecule has 1 rings (SSSR count). The fraction of sp³-hybridized carbons (Fsp3) is 0.842. The Bertz CT molecular complexity index is 340. The predicted molar refractivity (Wildman–Crippen MR) is 92.3 cm³/mol. The van der Waals surface area contributed by atoms with Crippen LogP contribution in [-0.2, 0) is 14.3 Å². The van der Waals surface area contributed by atoms with Crippen molar-refractivity contribution < 1.29 is 19.4 Å². The summed E-state index contributed by atoms with van der Waals surface area (Å²) in [7, 11) is 1.44. The summed E-state index contributed by atoms with van der Waals surface area (Å²) in [6.07, 6.45) is 15.6. The Morgan fingerprint density at radius 3 is 2.65 bits per heavy atom. The van der Waals surface area contributed by atoms with Gasteiger partial charge in [-0.3, -0.25) is 4.79 Å². The number of aliphatic hydroxyl groups is 1. The van der Waals surface area contributed by atoms with Gasteiger partial charge >= 0.3 is 5.97 Å². The minimum atomic E-state index is -0.300. The highest BCUT2D eigenvalue weighted by molar-refractivity contribution is 5.68. The van der Waals surface area contributed by atoms with Gasteiger partial charge in [-0.2, -0.15) is 0 Å². The standard InChI is InChI=1S/C19H34O4/c1-3-4-10-13-16(20)19-17(23-19)14-11-8-6-5-7-9-12-15-18(21)22-2/h11,14,16-17,19-20H,3-10,12-13,15H2,1-2H3/b14-11-/t16-,17+,19+/m0/s1. The van der Waals surface area contributed by atoms with Crippen LogP contribution in [0.4, 0.5) is 0 Å². The molecule has 0 unspecified atom stereocenters. The number of ether oxygens (including phenoxy) is 2. The number of esters is 1. The third-order valence-corrected chi connectivity index (χ3v) is 4.35. The number of allylic oxidation sites excluding steroid dienone is 1. The quantitative estimate of drug-likeness (QED) is 0.225. The lowest BCUT2D eigenvalue weighted by Gasteiger charge is -2.05. The number of unbranched alkanes of at least 4 members (excludes halogenated alkanes) is 7. The second kappa shape index (κ2) is 12.5. The van der Waals surface area contributed by atoms with Crippen molar-refractivity contribution in [1.82, 2.24) is 0 Å². The molecule has 0 aromatic heterocycles. The molecule has 0 bridgehead atoms. The molecular formula is C19H34O4. The van der Waals surface area contributed by atoms with Gasteiger partial charge in [-0.1, -0.05) is 57.6 Å². The summed E-state index contributed by atoms with van der Waals surface area (Å²) >= 11 is 0. The third kappa shape index (κ3) is 9.77. The average Bonchev–Trinajstić information content (AvgIpc) is 3.32. The third-order valence-electron chi connectivity index (χ3n) is 4.35. The molecule has 1 saturated heterocycles. The second-order valence-electron chi connectivity index (χ2n) is 6.44. The Morgan fingerprint density at radius 2 is 1.91 bits per heavy atom. The minimum absolute atomic E-state index is 0.0291. The van der Waals surface area contributed by atoms with E-state index >= 15 is 0 Å². The number of carbonyl (C=O) groups is 1. The van der Waals surface area contributed by atoms with E-state index in [1.54, 1.807) is 0 Å². The summed E-state index contributed by atoms with van der Waals surface area (Å²) in [5.74, 6) is -0.108. The molecule has 4 heteroatoms. The van der Waals surface area contributed by atoms with Crippen LogP contribution in [-0.4, -0.2) is 36.5 Å². The molecule has 0 saturated carbocycles. The molecule has 3 atom stereocenters. The summed E-state index contributed by atoms with van der Waals surface area (Å²) in [5.41, 5.74) is 0. The topological polar surface area (TPSA) is 59.1 Å². The van der Waals surface area contributed by atoms with Crippen molar-refractivity contribution in [1.29, 1.82) is 0 Å². The number of aliphatic hydroxyl groups excluding tert-OH is 1. The van der Waals surface area contributed by atoms with E-state index < -0.39 is 0 Å². The van der Waals surface area contributed by atoms with Crippen molar-refractivity contribution in [2.75, 3.05) is 7.11 Å². The number of epoxide rings is 1. The molecule has 0 radical (unpaired) electrons. The molecule has 0 aromatic rings. The Labute approximate surface area is 141 Å². The summed E-state index contributed by atoms with van der Waals surface area (Å²) in [4.78, 5) is 10.9.